The van der Waals surface area contributed by atoms with Gasteiger partial charge in [-0.15, -0.1) is 0 Å². The summed E-state index contributed by atoms with van der Waals surface area (Å²) in [6, 6.07) is 0. The molecule has 0 aromatic rings. The van der Waals surface area contributed by atoms with Crippen molar-refractivity contribution < 1.29 is 54.7 Å². The van der Waals surface area contributed by atoms with Crippen LogP contribution in [0.25, 0.3) is 0 Å². The Hall–Kier alpha value is -2.22. The molecule has 12 nitrogen and oxygen atoms in total. The van der Waals surface area contributed by atoms with E-state index in [4.69, 9.17) is 54.7 Å². The van der Waals surface area contributed by atoms with E-state index in [0.717, 1.165) is 0 Å². The number of hydrogen-bond donors (Lipinski definition) is 7. The van der Waals surface area contributed by atoms with Gasteiger partial charge in [-0.05, 0) is 19.6 Å². The number of nitrogens with zero attached hydrogens (tertiary/aromatic N) is 1. The van der Waals surface area contributed by atoms with Crippen molar-refractivity contribution in [3.05, 3.63) is 0 Å². The highest BCUT2D eigenvalue weighted by Crippen LogP contribution is 1.81. The molecule has 0 aliphatic carbocycles. The van der Waals surface area contributed by atoms with E-state index in [0.29, 0.717) is 0 Å². The Morgan fingerprint density at radius 1 is 0.652 bits per heavy atom. The zero-order valence-corrected chi connectivity index (χ0v) is 12.9. The van der Waals surface area contributed by atoms with Crippen LogP contribution >= 0.6 is 0 Å². The Kier molecular flexibility index (Phi) is 24.8. The summed E-state index contributed by atoms with van der Waals surface area (Å²) < 4.78 is 0. The normalized spacial score (nSPS) is 8.13. The number of carbonyl (C=O) groups is 4. The van der Waals surface area contributed by atoms with Crippen molar-refractivity contribution >= 4 is 31.2 Å². The van der Waals surface area contributed by atoms with Gasteiger partial charge in [-0.2, -0.15) is 0 Å². The molecule has 0 aromatic carbocycles. The molecule has 0 aliphatic heterocycles. The summed E-state index contributed by atoms with van der Waals surface area (Å²) in [6.45, 7) is 10.1. The first-order valence-electron chi connectivity index (χ1n) is 6.06. The number of rotatable bonds is 3. The van der Waals surface area contributed by atoms with E-state index in [1.54, 1.807) is 0 Å². The number of aliphatic carboxylic acids is 4. The molecule has 0 saturated heterocycles. The summed E-state index contributed by atoms with van der Waals surface area (Å²) in [7, 11) is -2.17. The zero-order valence-electron chi connectivity index (χ0n) is 12.9. The van der Waals surface area contributed by atoms with E-state index in [2.05, 4.69) is 25.7 Å². The molecule has 13 heteroatoms. The molecular weight excluding hydrogens is 321 g/mol. The monoisotopic (exact) mass is 343 g/mol. The number of carboxylic acid groups (broad SMARTS) is 4. The standard InChI is InChI=1S/C6H15N.2C2H2O4.BH3O3/c1-4-7(5-2)6-3;2*3-1(4)2(5)6;2-1(3)4/h4-6H2,1-3H3;2*(H,3,4)(H,5,6);2-4H. The van der Waals surface area contributed by atoms with E-state index in [1.807, 2.05) is 0 Å². The van der Waals surface area contributed by atoms with Gasteiger partial charge in [0.05, 0.1) is 0 Å². The van der Waals surface area contributed by atoms with Gasteiger partial charge in [-0.25, -0.2) is 19.2 Å². The van der Waals surface area contributed by atoms with E-state index in [9.17, 15) is 0 Å². The van der Waals surface area contributed by atoms with Crippen LogP contribution in [0.3, 0.4) is 0 Å². The molecule has 0 fully saturated rings. The van der Waals surface area contributed by atoms with Gasteiger partial charge in [0, 0.05) is 0 Å². The Labute approximate surface area is 132 Å². The lowest BCUT2D eigenvalue weighted by Gasteiger charge is -2.13. The molecule has 0 aliphatic rings. The van der Waals surface area contributed by atoms with E-state index < -0.39 is 31.2 Å². The first kappa shape index (κ1) is 28.9. The maximum Gasteiger partial charge on any atom is 0.631 e. The molecule has 0 radical (unpaired) electrons. The maximum atomic E-state index is 9.10. The summed E-state index contributed by atoms with van der Waals surface area (Å²) in [5, 5.41) is 51.1. The molecule has 23 heavy (non-hydrogen) atoms. The van der Waals surface area contributed by atoms with Gasteiger partial charge in [0.15, 0.2) is 0 Å². The van der Waals surface area contributed by atoms with E-state index in [1.165, 1.54) is 19.6 Å². The van der Waals surface area contributed by atoms with Crippen molar-refractivity contribution in [1.29, 1.82) is 0 Å². The summed E-state index contributed by atoms with van der Waals surface area (Å²) in [6.07, 6.45) is 0. The fraction of sp³-hybridized carbons (Fsp3) is 0.600. The van der Waals surface area contributed by atoms with Crippen LogP contribution in [0.1, 0.15) is 20.8 Å². The second kappa shape index (κ2) is 19.8. The van der Waals surface area contributed by atoms with E-state index in [-0.39, 0.29) is 0 Å². The average Bonchev–Trinajstić information content (AvgIpc) is 2.41. The lowest BCUT2D eigenvalue weighted by atomic mass is 10.3. The molecule has 0 atom stereocenters. The fourth-order valence-electron chi connectivity index (χ4n) is 0.671. The maximum absolute atomic E-state index is 9.10. The van der Waals surface area contributed by atoms with Gasteiger partial charge in [0.1, 0.15) is 0 Å². The predicted octanol–water partition coefficient (Wildman–Crippen LogP) is -2.39. The van der Waals surface area contributed by atoms with Gasteiger partial charge in [-0.1, -0.05) is 20.8 Å². The summed E-state index contributed by atoms with van der Waals surface area (Å²) in [4.78, 5) is 38.8. The number of hydrogen-bond acceptors (Lipinski definition) is 8. The third-order valence-electron chi connectivity index (χ3n) is 1.71. The average molecular weight is 343 g/mol. The van der Waals surface area contributed by atoms with Crippen LogP contribution in [0, 0.1) is 0 Å². The Bertz CT molecular complexity index is 287. The minimum Gasteiger partial charge on any atom is -0.473 e. The third-order valence-corrected chi connectivity index (χ3v) is 1.71. The highest BCUT2D eigenvalue weighted by atomic mass is 16.5. The fourth-order valence-corrected chi connectivity index (χ4v) is 0.671. The molecule has 0 unspecified atom stereocenters. The summed E-state index contributed by atoms with van der Waals surface area (Å²) >= 11 is 0. The van der Waals surface area contributed by atoms with Crippen molar-refractivity contribution in [3.63, 3.8) is 0 Å². The van der Waals surface area contributed by atoms with Crippen molar-refractivity contribution in [2.24, 2.45) is 0 Å². The van der Waals surface area contributed by atoms with Crippen molar-refractivity contribution in [2.75, 3.05) is 19.6 Å². The van der Waals surface area contributed by atoms with Gasteiger partial charge in [0.25, 0.3) is 0 Å². The SMILES string of the molecule is CCN(CC)CC.O=C(O)C(=O)O.O=C(O)C(=O)O.OB(O)O. The van der Waals surface area contributed by atoms with Crippen LogP contribution in [0.4, 0.5) is 0 Å². The molecule has 0 saturated carbocycles. The minimum absolute atomic E-state index is 1.19. The molecular formula is C10H22BNO11. The van der Waals surface area contributed by atoms with Gasteiger partial charge in [0.2, 0.25) is 0 Å². The second-order valence-corrected chi connectivity index (χ2v) is 3.19. The molecule has 0 rings (SSSR count). The molecule has 136 valence electrons. The van der Waals surface area contributed by atoms with Crippen molar-refractivity contribution in [1.82, 2.24) is 4.90 Å². The van der Waals surface area contributed by atoms with Crippen LogP contribution < -0.4 is 0 Å². The molecule has 0 heterocycles. The highest BCUT2D eigenvalue weighted by molar-refractivity contribution is 6.30. The summed E-state index contributed by atoms with van der Waals surface area (Å²) in [5.74, 6) is -7.30. The van der Waals surface area contributed by atoms with Gasteiger partial charge < -0.3 is 40.4 Å². The lowest BCUT2D eigenvalue weighted by molar-refractivity contribution is -0.159. The predicted molar refractivity (Wildman–Crippen MR) is 76.4 cm³/mol. The molecule has 0 spiro atoms. The largest absolute Gasteiger partial charge is 0.631 e. The number of carboxylic acids is 4. The second-order valence-electron chi connectivity index (χ2n) is 3.19. The smallest absolute Gasteiger partial charge is 0.473 e. The Morgan fingerprint density at radius 2 is 0.783 bits per heavy atom. The van der Waals surface area contributed by atoms with Crippen LogP contribution in [0.2, 0.25) is 0 Å². The quantitative estimate of drug-likeness (QED) is 0.211. The topological polar surface area (TPSA) is 213 Å². The van der Waals surface area contributed by atoms with Crippen LogP contribution in [-0.2, 0) is 19.2 Å². The summed E-state index contributed by atoms with van der Waals surface area (Å²) in [5.41, 5.74) is 0. The first-order chi connectivity index (χ1) is 10.4. The molecule has 0 amide bonds. The van der Waals surface area contributed by atoms with Crippen molar-refractivity contribution in [2.45, 2.75) is 20.8 Å². The van der Waals surface area contributed by atoms with Crippen LogP contribution in [-0.4, -0.2) is 91.2 Å². The lowest BCUT2D eigenvalue weighted by Crippen LogP contribution is -2.21. The Balaban J connectivity index is -0.000000107. The van der Waals surface area contributed by atoms with Gasteiger partial charge in [-0.3, -0.25) is 0 Å². The zero-order chi connectivity index (χ0) is 19.6. The highest BCUT2D eigenvalue weighted by Gasteiger charge is 2.04. The third kappa shape index (κ3) is 45.1. The molecule has 7 N–H and O–H groups in total. The van der Waals surface area contributed by atoms with Crippen LogP contribution in [0.15, 0.2) is 0 Å². The Morgan fingerprint density at radius 3 is 0.783 bits per heavy atom. The first-order valence-corrected chi connectivity index (χ1v) is 6.06. The van der Waals surface area contributed by atoms with Crippen molar-refractivity contribution in [3.8, 4) is 0 Å². The van der Waals surface area contributed by atoms with Gasteiger partial charge >= 0.3 is 31.2 Å². The molecule has 0 aromatic heterocycles. The molecule has 0 bridgehead atoms. The van der Waals surface area contributed by atoms with E-state index >= 15 is 0 Å². The minimum atomic E-state index is -2.17. The van der Waals surface area contributed by atoms with Crippen LogP contribution in [0.5, 0.6) is 0 Å².